The fraction of sp³-hybridized carbons (Fsp3) is 0.269. The van der Waals surface area contributed by atoms with E-state index in [4.69, 9.17) is 15.6 Å². The molecule has 0 aliphatic carbocycles. The number of benzene rings is 2. The van der Waals surface area contributed by atoms with Gasteiger partial charge in [0.1, 0.15) is 11.3 Å². The number of nitrogens with zero attached hydrogens (tertiary/aromatic N) is 2. The second-order valence-corrected chi connectivity index (χ2v) is 8.26. The molecule has 0 aliphatic rings. The zero-order valence-corrected chi connectivity index (χ0v) is 18.3. The van der Waals surface area contributed by atoms with E-state index in [2.05, 4.69) is 28.2 Å². The third-order valence-corrected chi connectivity index (χ3v) is 5.60. The highest BCUT2D eigenvalue weighted by atomic mass is 16.5. The molecule has 4 aromatic rings. The molecule has 3 N–H and O–H groups in total. The number of hydrogen-bond acceptors (Lipinski definition) is 5. The molecular weight excluding hydrogens is 402 g/mol. The highest BCUT2D eigenvalue weighted by Crippen LogP contribution is 2.28. The molecule has 0 aliphatic heterocycles. The predicted molar refractivity (Wildman–Crippen MR) is 127 cm³/mol. The van der Waals surface area contributed by atoms with Gasteiger partial charge in [-0.3, -0.25) is 9.78 Å². The number of nitrogens with two attached hydrogens (primary N) is 1. The van der Waals surface area contributed by atoms with Crippen molar-refractivity contribution >= 4 is 33.6 Å². The molecule has 0 amide bonds. The molecular formula is C26H27N3O3. The van der Waals surface area contributed by atoms with Crippen molar-refractivity contribution in [2.24, 2.45) is 0 Å². The Hall–Kier alpha value is -3.67. The summed E-state index contributed by atoms with van der Waals surface area (Å²) in [5.41, 5.74) is 11.3. The molecule has 6 nitrogen and oxygen atoms in total. The van der Waals surface area contributed by atoms with E-state index < -0.39 is 5.97 Å². The molecule has 0 bridgehead atoms. The van der Waals surface area contributed by atoms with Crippen molar-refractivity contribution in [3.63, 3.8) is 0 Å². The molecule has 0 radical (unpaired) electrons. The normalized spacial score (nSPS) is 12.2. The first-order valence-corrected chi connectivity index (χ1v) is 10.8. The number of rotatable bonds is 8. The van der Waals surface area contributed by atoms with Crippen LogP contribution in [0.15, 0.2) is 54.7 Å². The van der Waals surface area contributed by atoms with Gasteiger partial charge in [0, 0.05) is 23.4 Å². The topological polar surface area (TPSA) is 98.3 Å². The van der Waals surface area contributed by atoms with Gasteiger partial charge in [0.15, 0.2) is 5.82 Å². The molecule has 164 valence electrons. The number of pyridine rings is 2. The molecule has 2 aromatic heterocycles. The Morgan fingerprint density at radius 2 is 1.81 bits per heavy atom. The smallest absolute Gasteiger partial charge is 0.303 e. The third-order valence-electron chi connectivity index (χ3n) is 5.60. The van der Waals surface area contributed by atoms with Gasteiger partial charge in [-0.15, -0.1) is 0 Å². The Bertz CT molecular complexity index is 1270. The first-order valence-electron chi connectivity index (χ1n) is 10.8. The van der Waals surface area contributed by atoms with E-state index in [1.807, 2.05) is 50.4 Å². The minimum Gasteiger partial charge on any atom is -0.491 e. The number of fused-ring (bicyclic) bond motifs is 3. The molecule has 1 unspecified atom stereocenters. The lowest BCUT2D eigenvalue weighted by molar-refractivity contribution is -0.137. The first-order chi connectivity index (χ1) is 15.4. The number of nitrogen functional groups attached to an aromatic ring is 1. The Morgan fingerprint density at radius 1 is 1.06 bits per heavy atom. The van der Waals surface area contributed by atoms with Crippen LogP contribution in [0.25, 0.3) is 21.8 Å². The maximum Gasteiger partial charge on any atom is 0.303 e. The number of carboxylic acids is 1. The Kier molecular flexibility index (Phi) is 6.21. The molecule has 0 saturated carbocycles. The number of aromatic nitrogens is 2. The van der Waals surface area contributed by atoms with Crippen molar-refractivity contribution in [2.45, 2.75) is 45.6 Å². The van der Waals surface area contributed by atoms with Gasteiger partial charge in [-0.25, -0.2) is 4.98 Å². The molecule has 32 heavy (non-hydrogen) atoms. The van der Waals surface area contributed by atoms with Gasteiger partial charge in [0.25, 0.3) is 0 Å². The van der Waals surface area contributed by atoms with E-state index in [1.165, 1.54) is 5.56 Å². The van der Waals surface area contributed by atoms with Gasteiger partial charge < -0.3 is 15.6 Å². The Morgan fingerprint density at radius 3 is 2.56 bits per heavy atom. The summed E-state index contributed by atoms with van der Waals surface area (Å²) in [6.07, 6.45) is 4.06. The fourth-order valence-electron chi connectivity index (χ4n) is 3.84. The lowest BCUT2D eigenvalue weighted by Gasteiger charge is -2.14. The summed E-state index contributed by atoms with van der Waals surface area (Å²) in [5.74, 6) is 0.405. The van der Waals surface area contributed by atoms with E-state index in [-0.39, 0.29) is 12.5 Å². The summed E-state index contributed by atoms with van der Waals surface area (Å²) < 4.78 is 5.80. The summed E-state index contributed by atoms with van der Waals surface area (Å²) in [6.45, 7) is 3.93. The van der Waals surface area contributed by atoms with Gasteiger partial charge in [-0.1, -0.05) is 24.3 Å². The van der Waals surface area contributed by atoms with Gasteiger partial charge in [-0.05, 0) is 74.1 Å². The molecule has 4 rings (SSSR count). The largest absolute Gasteiger partial charge is 0.491 e. The second-order valence-electron chi connectivity index (χ2n) is 8.26. The second kappa shape index (κ2) is 9.22. The predicted octanol–water partition coefficient (Wildman–Crippen LogP) is 5.09. The van der Waals surface area contributed by atoms with Crippen LogP contribution in [0, 0.1) is 6.92 Å². The van der Waals surface area contributed by atoms with Crippen molar-refractivity contribution < 1.29 is 14.6 Å². The molecule has 0 fully saturated rings. The van der Waals surface area contributed by atoms with Gasteiger partial charge in [0.05, 0.1) is 11.6 Å². The number of hydrogen-bond donors (Lipinski definition) is 2. The minimum absolute atomic E-state index is 0.107. The van der Waals surface area contributed by atoms with E-state index in [0.717, 1.165) is 51.5 Å². The highest BCUT2D eigenvalue weighted by Gasteiger charge is 2.10. The molecule has 0 saturated heterocycles. The molecule has 2 heterocycles. The fourth-order valence-corrected chi connectivity index (χ4v) is 3.84. The summed E-state index contributed by atoms with van der Waals surface area (Å²) in [7, 11) is 0. The van der Waals surface area contributed by atoms with E-state index in [1.54, 1.807) is 0 Å². The Labute approximate surface area is 187 Å². The molecule has 6 heteroatoms. The average molecular weight is 430 g/mol. The van der Waals surface area contributed by atoms with Crippen LogP contribution in [0.4, 0.5) is 5.82 Å². The van der Waals surface area contributed by atoms with Crippen molar-refractivity contribution in [3.8, 4) is 5.75 Å². The zero-order chi connectivity index (χ0) is 22.7. The maximum absolute atomic E-state index is 10.7. The van der Waals surface area contributed by atoms with Crippen molar-refractivity contribution in [3.05, 3.63) is 71.4 Å². The van der Waals surface area contributed by atoms with Gasteiger partial charge >= 0.3 is 5.97 Å². The van der Waals surface area contributed by atoms with E-state index in [9.17, 15) is 4.79 Å². The lowest BCUT2D eigenvalue weighted by atomic mass is 10.0. The summed E-state index contributed by atoms with van der Waals surface area (Å²) >= 11 is 0. The number of anilines is 1. The zero-order valence-electron chi connectivity index (χ0n) is 18.3. The van der Waals surface area contributed by atoms with Crippen molar-refractivity contribution in [2.75, 3.05) is 5.73 Å². The van der Waals surface area contributed by atoms with Crippen LogP contribution in [-0.4, -0.2) is 27.1 Å². The van der Waals surface area contributed by atoms with Gasteiger partial charge in [-0.2, -0.15) is 0 Å². The number of aryl methyl sites for hydroxylation is 3. The quantitative estimate of drug-likeness (QED) is 0.379. The number of ether oxygens (including phenoxy) is 1. The number of carboxylic acid groups (broad SMARTS) is 1. The monoisotopic (exact) mass is 429 g/mol. The average Bonchev–Trinajstić information content (AvgIpc) is 2.77. The summed E-state index contributed by atoms with van der Waals surface area (Å²) in [5, 5.41) is 10.9. The van der Waals surface area contributed by atoms with Crippen LogP contribution >= 0.6 is 0 Å². The van der Waals surface area contributed by atoms with Crippen LogP contribution in [0.3, 0.4) is 0 Å². The van der Waals surface area contributed by atoms with E-state index in [0.29, 0.717) is 12.2 Å². The summed E-state index contributed by atoms with van der Waals surface area (Å²) in [6, 6.07) is 16.4. The number of aliphatic carboxylic acids is 1. The highest BCUT2D eigenvalue weighted by molar-refractivity contribution is 6.08. The van der Waals surface area contributed by atoms with Crippen LogP contribution in [0.2, 0.25) is 0 Å². The van der Waals surface area contributed by atoms with Crippen molar-refractivity contribution in [1.29, 1.82) is 0 Å². The third kappa shape index (κ3) is 4.97. The van der Waals surface area contributed by atoms with E-state index >= 15 is 0 Å². The molecule has 0 spiro atoms. The van der Waals surface area contributed by atoms with Crippen LogP contribution < -0.4 is 10.5 Å². The first kappa shape index (κ1) is 21.6. The Balaban J connectivity index is 1.46. The lowest BCUT2D eigenvalue weighted by Crippen LogP contribution is -2.13. The standard InChI is InChI=1S/C26H27N3O3/c1-16-3-11-21-22-14-19(15-28-25(22)26(27)29-23(21)13-16)6-5-18-7-9-20(10-8-18)32-17(2)4-12-24(30)31/h3,7-11,13-15,17H,4-6,12H2,1-2H3,(H2,27,29)(H,30,31). The minimum atomic E-state index is -0.805. The van der Waals surface area contributed by atoms with Crippen LogP contribution in [0.1, 0.15) is 36.5 Å². The molecule has 1 atom stereocenters. The maximum atomic E-state index is 10.7. The summed E-state index contributed by atoms with van der Waals surface area (Å²) in [4.78, 5) is 19.8. The van der Waals surface area contributed by atoms with Crippen LogP contribution in [0.5, 0.6) is 5.75 Å². The number of carbonyl (C=O) groups is 1. The van der Waals surface area contributed by atoms with Crippen LogP contribution in [-0.2, 0) is 17.6 Å². The van der Waals surface area contributed by atoms with Crippen molar-refractivity contribution in [1.82, 2.24) is 9.97 Å². The SMILES string of the molecule is Cc1ccc2c(c1)nc(N)c1ncc(CCc3ccc(OC(C)CCC(=O)O)cc3)cc12. The van der Waals surface area contributed by atoms with Gasteiger partial charge in [0.2, 0.25) is 0 Å². The molecule has 2 aromatic carbocycles.